The maximum Gasteiger partial charge on any atom is 0.270 e. The van der Waals surface area contributed by atoms with Gasteiger partial charge in [0, 0.05) is 29.1 Å². The fourth-order valence-electron chi connectivity index (χ4n) is 1.73. The molecule has 106 valence electrons. The Hall–Kier alpha value is -1.63. The van der Waals surface area contributed by atoms with E-state index in [1.807, 2.05) is 12.1 Å². The number of benzene rings is 1. The number of non-ortho nitro benzene ring substituents is 1. The first-order valence-electron chi connectivity index (χ1n) is 5.89. The lowest BCUT2D eigenvalue weighted by molar-refractivity contribution is -0.384. The third kappa shape index (κ3) is 3.69. The van der Waals surface area contributed by atoms with Crippen LogP contribution in [0.4, 0.5) is 5.69 Å². The van der Waals surface area contributed by atoms with Crippen molar-refractivity contribution in [2.24, 2.45) is 0 Å². The second kappa shape index (κ2) is 6.69. The molecule has 2 rings (SSSR count). The molecule has 0 aliphatic rings. The van der Waals surface area contributed by atoms with E-state index in [1.165, 1.54) is 23.5 Å². The Labute approximate surface area is 125 Å². The van der Waals surface area contributed by atoms with Gasteiger partial charge in [-0.15, -0.1) is 11.3 Å². The number of ether oxygens (including phenoxy) is 1. The lowest BCUT2D eigenvalue weighted by Gasteiger charge is -2.10. The van der Waals surface area contributed by atoms with Gasteiger partial charge >= 0.3 is 0 Å². The lowest BCUT2D eigenvalue weighted by atomic mass is 10.1. The first kappa shape index (κ1) is 14.8. The van der Waals surface area contributed by atoms with Crippen LogP contribution in [0.2, 0.25) is 4.34 Å². The summed E-state index contributed by atoms with van der Waals surface area (Å²) in [6.45, 7) is 0.897. The molecule has 1 heterocycles. The summed E-state index contributed by atoms with van der Waals surface area (Å²) in [7, 11) is 1.78. The van der Waals surface area contributed by atoms with Gasteiger partial charge in [-0.05, 0) is 25.2 Å². The zero-order chi connectivity index (χ0) is 14.5. The number of hydrogen-bond acceptors (Lipinski definition) is 5. The molecule has 0 amide bonds. The van der Waals surface area contributed by atoms with Crippen molar-refractivity contribution in [1.82, 2.24) is 5.32 Å². The summed E-state index contributed by atoms with van der Waals surface area (Å²) in [6.07, 6.45) is 0. The summed E-state index contributed by atoms with van der Waals surface area (Å²) in [5.41, 5.74) is 0.811. The minimum Gasteiger partial charge on any atom is -0.488 e. The molecule has 0 unspecified atom stereocenters. The molecular weight excluding hydrogens is 300 g/mol. The van der Waals surface area contributed by atoms with Crippen LogP contribution in [-0.4, -0.2) is 12.0 Å². The van der Waals surface area contributed by atoms with Crippen LogP contribution >= 0.6 is 22.9 Å². The van der Waals surface area contributed by atoms with Gasteiger partial charge < -0.3 is 10.1 Å². The van der Waals surface area contributed by atoms with Crippen molar-refractivity contribution in [3.8, 4) is 5.75 Å². The molecule has 0 aliphatic heterocycles. The van der Waals surface area contributed by atoms with Gasteiger partial charge in [-0.1, -0.05) is 11.6 Å². The molecule has 0 spiro atoms. The van der Waals surface area contributed by atoms with Crippen molar-refractivity contribution in [1.29, 1.82) is 0 Å². The molecule has 0 saturated carbocycles. The van der Waals surface area contributed by atoms with Gasteiger partial charge in [0.1, 0.15) is 12.4 Å². The third-order valence-corrected chi connectivity index (χ3v) is 3.83. The molecule has 0 bridgehead atoms. The van der Waals surface area contributed by atoms with Gasteiger partial charge in [0.15, 0.2) is 0 Å². The Morgan fingerprint density at radius 1 is 1.40 bits per heavy atom. The van der Waals surface area contributed by atoms with Crippen molar-refractivity contribution in [2.45, 2.75) is 13.2 Å². The highest BCUT2D eigenvalue weighted by Gasteiger charge is 2.11. The Balaban J connectivity index is 2.15. The van der Waals surface area contributed by atoms with E-state index < -0.39 is 4.92 Å². The largest absolute Gasteiger partial charge is 0.488 e. The van der Waals surface area contributed by atoms with E-state index in [-0.39, 0.29) is 5.69 Å². The summed E-state index contributed by atoms with van der Waals surface area (Å²) >= 11 is 7.31. The third-order valence-electron chi connectivity index (χ3n) is 2.62. The molecule has 1 aromatic heterocycles. The van der Waals surface area contributed by atoms with Crippen LogP contribution in [0.15, 0.2) is 30.3 Å². The average molecular weight is 313 g/mol. The molecule has 2 aromatic rings. The van der Waals surface area contributed by atoms with Gasteiger partial charge in [0.05, 0.1) is 9.26 Å². The second-order valence-electron chi connectivity index (χ2n) is 4.07. The molecule has 1 aromatic carbocycles. The second-order valence-corrected chi connectivity index (χ2v) is 5.87. The summed E-state index contributed by atoms with van der Waals surface area (Å²) in [5.74, 6) is 0.634. The Morgan fingerprint density at radius 3 is 2.80 bits per heavy atom. The van der Waals surface area contributed by atoms with Gasteiger partial charge in [-0.3, -0.25) is 10.1 Å². The molecule has 1 N–H and O–H groups in total. The minimum absolute atomic E-state index is 0.0572. The van der Waals surface area contributed by atoms with Crippen molar-refractivity contribution >= 4 is 28.6 Å². The van der Waals surface area contributed by atoms with E-state index >= 15 is 0 Å². The molecule has 0 atom stereocenters. The zero-order valence-electron chi connectivity index (χ0n) is 10.8. The van der Waals surface area contributed by atoms with Crippen LogP contribution < -0.4 is 10.1 Å². The number of rotatable bonds is 6. The van der Waals surface area contributed by atoms with Gasteiger partial charge in [-0.2, -0.15) is 0 Å². The van der Waals surface area contributed by atoms with Crippen LogP contribution in [0, 0.1) is 10.1 Å². The number of nitrogens with zero attached hydrogens (tertiary/aromatic N) is 1. The van der Waals surface area contributed by atoms with Crippen molar-refractivity contribution in [3.05, 3.63) is 55.2 Å². The number of hydrogen-bond donors (Lipinski definition) is 1. The van der Waals surface area contributed by atoms with Crippen LogP contribution in [0.3, 0.4) is 0 Å². The molecule has 20 heavy (non-hydrogen) atoms. The van der Waals surface area contributed by atoms with Crippen LogP contribution in [0.1, 0.15) is 10.4 Å². The Bertz CT molecular complexity index is 615. The van der Waals surface area contributed by atoms with E-state index in [0.717, 1.165) is 10.4 Å². The monoisotopic (exact) mass is 312 g/mol. The SMILES string of the molecule is CNCc1cc([N+](=O)[O-])ccc1OCc1ccc(Cl)s1. The average Bonchev–Trinajstić information content (AvgIpc) is 2.83. The van der Waals surface area contributed by atoms with Gasteiger partial charge in [0.2, 0.25) is 0 Å². The summed E-state index contributed by atoms with van der Waals surface area (Å²) in [4.78, 5) is 11.4. The van der Waals surface area contributed by atoms with Crippen molar-refractivity contribution in [3.63, 3.8) is 0 Å². The fraction of sp³-hybridized carbons (Fsp3) is 0.231. The normalized spacial score (nSPS) is 10.5. The van der Waals surface area contributed by atoms with E-state index in [2.05, 4.69) is 5.32 Å². The number of thiophene rings is 1. The molecular formula is C13H13ClN2O3S. The van der Waals surface area contributed by atoms with Crippen LogP contribution in [-0.2, 0) is 13.2 Å². The van der Waals surface area contributed by atoms with Crippen molar-refractivity contribution < 1.29 is 9.66 Å². The maximum absolute atomic E-state index is 10.8. The van der Waals surface area contributed by atoms with Crippen molar-refractivity contribution in [2.75, 3.05) is 7.05 Å². The van der Waals surface area contributed by atoms with E-state index in [4.69, 9.17) is 16.3 Å². The quantitative estimate of drug-likeness (QED) is 0.653. The molecule has 0 aliphatic carbocycles. The Morgan fingerprint density at radius 2 is 2.20 bits per heavy atom. The highest BCUT2D eigenvalue weighted by molar-refractivity contribution is 7.16. The van der Waals surface area contributed by atoms with Gasteiger partial charge in [-0.25, -0.2) is 0 Å². The first-order valence-corrected chi connectivity index (χ1v) is 7.08. The predicted molar refractivity (Wildman–Crippen MR) is 79.5 cm³/mol. The van der Waals surface area contributed by atoms with E-state index in [0.29, 0.717) is 23.2 Å². The van der Waals surface area contributed by atoms with Gasteiger partial charge in [0.25, 0.3) is 5.69 Å². The number of nitrogens with one attached hydrogen (secondary N) is 1. The highest BCUT2D eigenvalue weighted by atomic mass is 35.5. The fourth-order valence-corrected chi connectivity index (χ4v) is 2.73. The van der Waals surface area contributed by atoms with Crippen LogP contribution in [0.5, 0.6) is 5.75 Å². The standard InChI is InChI=1S/C13H13ClN2O3S/c1-15-7-9-6-10(16(17)18)2-4-12(9)19-8-11-3-5-13(14)20-11/h2-6,15H,7-8H2,1H3. The smallest absolute Gasteiger partial charge is 0.270 e. The highest BCUT2D eigenvalue weighted by Crippen LogP contribution is 2.27. The van der Waals surface area contributed by atoms with E-state index in [9.17, 15) is 10.1 Å². The molecule has 7 heteroatoms. The lowest BCUT2D eigenvalue weighted by Crippen LogP contribution is -2.08. The number of nitro benzene ring substituents is 1. The minimum atomic E-state index is -0.415. The topological polar surface area (TPSA) is 64.4 Å². The predicted octanol–water partition coefficient (Wildman–Crippen LogP) is 3.61. The summed E-state index contributed by atoms with van der Waals surface area (Å²) in [5, 5.41) is 13.8. The first-order chi connectivity index (χ1) is 9.60. The Kier molecular flexibility index (Phi) is 4.94. The molecule has 5 nitrogen and oxygen atoms in total. The molecule has 0 radical (unpaired) electrons. The summed E-state index contributed by atoms with van der Waals surface area (Å²) in [6, 6.07) is 8.30. The number of nitro groups is 1. The maximum atomic E-state index is 10.8. The number of halogens is 1. The molecule has 0 saturated heterocycles. The molecule has 0 fully saturated rings. The zero-order valence-corrected chi connectivity index (χ0v) is 12.3. The van der Waals surface area contributed by atoms with E-state index in [1.54, 1.807) is 13.1 Å². The van der Waals surface area contributed by atoms with Crippen LogP contribution in [0.25, 0.3) is 0 Å². The summed E-state index contributed by atoms with van der Waals surface area (Å²) < 4.78 is 6.42.